The smallest absolute Gasteiger partial charge is 0.141 e. The summed E-state index contributed by atoms with van der Waals surface area (Å²) in [4.78, 5) is 6.51. The number of aromatic nitrogens is 1. The maximum Gasteiger partial charge on any atom is 0.141 e. The van der Waals surface area contributed by atoms with Crippen molar-refractivity contribution < 1.29 is 9.13 Å². The predicted octanol–water partition coefficient (Wildman–Crippen LogP) is 2.72. The Hall–Kier alpha value is -1.20. The van der Waals surface area contributed by atoms with Crippen LogP contribution in [0.1, 0.15) is 40.2 Å². The van der Waals surface area contributed by atoms with Crippen LogP contribution >= 0.6 is 0 Å². The van der Waals surface area contributed by atoms with Crippen molar-refractivity contribution >= 4 is 5.82 Å². The topological polar surface area (TPSA) is 37.4 Å². The molecular weight excluding hydrogens is 269 g/mol. The third-order valence-electron chi connectivity index (χ3n) is 3.44. The van der Waals surface area contributed by atoms with Crippen LogP contribution in [0.2, 0.25) is 0 Å². The van der Waals surface area contributed by atoms with Crippen molar-refractivity contribution in [3.63, 3.8) is 0 Å². The highest BCUT2D eigenvalue weighted by atomic mass is 19.1. The average Bonchev–Trinajstić information content (AvgIpc) is 2.34. The second kappa shape index (κ2) is 5.89. The Balaban J connectivity index is 2.22. The van der Waals surface area contributed by atoms with Crippen molar-refractivity contribution in [2.45, 2.75) is 52.3 Å². The van der Waals surface area contributed by atoms with E-state index in [1.165, 1.54) is 6.20 Å². The molecule has 0 atom stereocenters. The van der Waals surface area contributed by atoms with Crippen LogP contribution in [0, 0.1) is 5.82 Å². The van der Waals surface area contributed by atoms with E-state index in [1.54, 1.807) is 6.07 Å². The minimum Gasteiger partial charge on any atom is -0.372 e. The quantitative estimate of drug-likeness (QED) is 0.930. The summed E-state index contributed by atoms with van der Waals surface area (Å²) in [5.74, 6) is 0.557. The Morgan fingerprint density at radius 3 is 2.76 bits per heavy atom. The first kappa shape index (κ1) is 16.2. The van der Waals surface area contributed by atoms with Gasteiger partial charge in [-0.25, -0.2) is 9.37 Å². The molecule has 1 aliphatic rings. The van der Waals surface area contributed by atoms with Gasteiger partial charge in [0.2, 0.25) is 0 Å². The molecule has 1 aromatic rings. The maximum absolute atomic E-state index is 13.6. The van der Waals surface area contributed by atoms with Crippen LogP contribution in [0.25, 0.3) is 0 Å². The van der Waals surface area contributed by atoms with Gasteiger partial charge in [-0.15, -0.1) is 0 Å². The number of halogens is 1. The van der Waals surface area contributed by atoms with E-state index in [0.29, 0.717) is 13.2 Å². The summed E-state index contributed by atoms with van der Waals surface area (Å²) in [7, 11) is 0. The van der Waals surface area contributed by atoms with Gasteiger partial charge in [0.1, 0.15) is 11.6 Å². The fraction of sp³-hybridized carbons (Fsp3) is 0.688. The van der Waals surface area contributed by atoms with Gasteiger partial charge < -0.3 is 15.0 Å². The minimum atomic E-state index is -0.294. The molecular formula is C16H26FN3O. The summed E-state index contributed by atoms with van der Waals surface area (Å²) >= 11 is 0. The molecule has 0 amide bonds. The van der Waals surface area contributed by atoms with E-state index < -0.39 is 0 Å². The van der Waals surface area contributed by atoms with Crippen molar-refractivity contribution in [1.82, 2.24) is 10.3 Å². The van der Waals surface area contributed by atoms with Crippen LogP contribution in [0.3, 0.4) is 0 Å². The summed E-state index contributed by atoms with van der Waals surface area (Å²) < 4.78 is 19.3. The summed E-state index contributed by atoms with van der Waals surface area (Å²) in [6, 6.07) is 1.57. The first-order chi connectivity index (χ1) is 9.66. The maximum atomic E-state index is 13.6. The molecule has 0 radical (unpaired) electrons. The molecule has 2 heterocycles. The lowest BCUT2D eigenvalue weighted by Crippen LogP contribution is -2.49. The molecule has 1 aliphatic heterocycles. The average molecular weight is 295 g/mol. The first-order valence-electron chi connectivity index (χ1n) is 7.45. The molecule has 4 nitrogen and oxygen atoms in total. The number of nitrogens with one attached hydrogen (secondary N) is 1. The number of anilines is 1. The molecule has 0 bridgehead atoms. The third-order valence-corrected chi connectivity index (χ3v) is 3.44. The number of hydrogen-bond acceptors (Lipinski definition) is 4. The molecule has 0 aliphatic carbocycles. The van der Waals surface area contributed by atoms with Crippen LogP contribution in [-0.2, 0) is 11.3 Å². The Morgan fingerprint density at radius 1 is 1.43 bits per heavy atom. The van der Waals surface area contributed by atoms with Crippen molar-refractivity contribution in [3.8, 4) is 0 Å². The summed E-state index contributed by atoms with van der Waals surface area (Å²) in [6.07, 6.45) is 1.29. The van der Waals surface area contributed by atoms with E-state index in [2.05, 4.69) is 49.8 Å². The summed E-state index contributed by atoms with van der Waals surface area (Å²) in [5, 5.41) is 3.40. The Kier molecular flexibility index (Phi) is 4.54. The normalized spacial score (nSPS) is 18.9. The second-order valence-electron chi connectivity index (χ2n) is 7.27. The van der Waals surface area contributed by atoms with E-state index in [9.17, 15) is 4.39 Å². The second-order valence-corrected chi connectivity index (χ2v) is 7.27. The largest absolute Gasteiger partial charge is 0.372 e. The van der Waals surface area contributed by atoms with Gasteiger partial charge in [0.25, 0.3) is 0 Å². The zero-order valence-corrected chi connectivity index (χ0v) is 13.7. The number of pyridine rings is 1. The highest BCUT2D eigenvalue weighted by molar-refractivity contribution is 5.47. The molecule has 21 heavy (non-hydrogen) atoms. The van der Waals surface area contributed by atoms with E-state index in [4.69, 9.17) is 4.74 Å². The number of nitrogens with zero attached hydrogens (tertiary/aromatic N) is 2. The number of ether oxygens (including phenoxy) is 1. The monoisotopic (exact) mass is 295 g/mol. The molecule has 2 rings (SSSR count). The van der Waals surface area contributed by atoms with E-state index in [0.717, 1.165) is 24.5 Å². The summed E-state index contributed by atoms with van der Waals surface area (Å²) in [6.45, 7) is 13.2. The fourth-order valence-corrected chi connectivity index (χ4v) is 2.45. The van der Waals surface area contributed by atoms with Crippen LogP contribution in [0.4, 0.5) is 10.2 Å². The van der Waals surface area contributed by atoms with Gasteiger partial charge in [-0.2, -0.15) is 0 Å². The molecule has 0 aromatic carbocycles. The van der Waals surface area contributed by atoms with E-state index in [1.807, 2.05) is 0 Å². The fourth-order valence-electron chi connectivity index (χ4n) is 2.45. The molecule has 1 N–H and O–H groups in total. The lowest BCUT2D eigenvalue weighted by molar-refractivity contribution is -0.0279. The van der Waals surface area contributed by atoms with Gasteiger partial charge in [-0.05, 0) is 40.7 Å². The molecule has 1 saturated heterocycles. The molecule has 0 spiro atoms. The Bertz CT molecular complexity index is 497. The lowest BCUT2D eigenvalue weighted by atomic mass is 10.1. The Morgan fingerprint density at radius 2 is 2.14 bits per heavy atom. The molecule has 5 heteroatoms. The standard InChI is InChI=1S/C16H26FN3O/c1-15(2,3)19-9-12-8-13(17)10-18-14(12)20-6-7-21-16(4,5)11-20/h8,10,19H,6-7,9,11H2,1-5H3. The molecule has 0 unspecified atom stereocenters. The van der Waals surface area contributed by atoms with E-state index in [-0.39, 0.29) is 17.0 Å². The lowest BCUT2D eigenvalue weighted by Gasteiger charge is -2.39. The van der Waals surface area contributed by atoms with Crippen LogP contribution in [0.15, 0.2) is 12.3 Å². The van der Waals surface area contributed by atoms with Crippen molar-refractivity contribution in [1.29, 1.82) is 0 Å². The van der Waals surface area contributed by atoms with Gasteiger partial charge >= 0.3 is 0 Å². The molecule has 118 valence electrons. The van der Waals surface area contributed by atoms with Gasteiger partial charge in [-0.3, -0.25) is 0 Å². The van der Waals surface area contributed by atoms with Crippen molar-refractivity contribution in [2.24, 2.45) is 0 Å². The van der Waals surface area contributed by atoms with Crippen molar-refractivity contribution in [2.75, 3.05) is 24.6 Å². The van der Waals surface area contributed by atoms with Crippen LogP contribution in [-0.4, -0.2) is 35.8 Å². The number of hydrogen-bond donors (Lipinski definition) is 1. The van der Waals surface area contributed by atoms with Crippen LogP contribution in [0.5, 0.6) is 0 Å². The third kappa shape index (κ3) is 4.64. The zero-order chi connectivity index (χ0) is 15.7. The van der Waals surface area contributed by atoms with Crippen molar-refractivity contribution in [3.05, 3.63) is 23.6 Å². The van der Waals surface area contributed by atoms with E-state index >= 15 is 0 Å². The highest BCUT2D eigenvalue weighted by Crippen LogP contribution is 2.25. The highest BCUT2D eigenvalue weighted by Gasteiger charge is 2.29. The van der Waals surface area contributed by atoms with Crippen LogP contribution < -0.4 is 10.2 Å². The minimum absolute atomic E-state index is 0.0200. The van der Waals surface area contributed by atoms with Gasteiger partial charge in [-0.1, -0.05) is 0 Å². The van der Waals surface area contributed by atoms with Gasteiger partial charge in [0.05, 0.1) is 18.4 Å². The number of morpholine rings is 1. The molecule has 1 fully saturated rings. The number of rotatable bonds is 3. The summed E-state index contributed by atoms with van der Waals surface area (Å²) in [5.41, 5.74) is 0.666. The van der Waals surface area contributed by atoms with Gasteiger partial charge in [0.15, 0.2) is 0 Å². The zero-order valence-electron chi connectivity index (χ0n) is 13.7. The van der Waals surface area contributed by atoms with Gasteiger partial charge in [0, 0.05) is 30.7 Å². The first-order valence-corrected chi connectivity index (χ1v) is 7.45. The molecule has 0 saturated carbocycles. The molecule has 1 aromatic heterocycles. The predicted molar refractivity (Wildman–Crippen MR) is 83.0 cm³/mol. The SMILES string of the molecule is CC(C)(C)NCc1cc(F)cnc1N1CCOC(C)(C)C1. The Labute approximate surface area is 126 Å².